The zero-order valence-electron chi connectivity index (χ0n) is 16.6. The van der Waals surface area contributed by atoms with Crippen LogP contribution >= 0.6 is 35.3 Å². The summed E-state index contributed by atoms with van der Waals surface area (Å²) >= 11 is 1.76. The topological polar surface area (TPSA) is 85.8 Å². The number of aliphatic imine (C=N–C) groups is 1. The number of piperazine rings is 1. The van der Waals surface area contributed by atoms with Gasteiger partial charge in [-0.15, -0.1) is 35.3 Å². The van der Waals surface area contributed by atoms with Gasteiger partial charge in [0.05, 0.1) is 0 Å². The van der Waals surface area contributed by atoms with Gasteiger partial charge in [-0.05, 0) is 23.9 Å². The second kappa shape index (κ2) is 12.6. The van der Waals surface area contributed by atoms with Crippen LogP contribution in [0.25, 0.3) is 0 Å². The van der Waals surface area contributed by atoms with Crippen molar-refractivity contribution in [3.63, 3.8) is 0 Å². The molecule has 1 aliphatic heterocycles. The molecule has 0 unspecified atom stereocenters. The monoisotopic (exact) mass is 529 g/mol. The molecular weight excluding hydrogens is 501 g/mol. The number of aromatic nitrogens is 2. The summed E-state index contributed by atoms with van der Waals surface area (Å²) in [5, 5.41) is 8.59. The largest absolute Gasteiger partial charge is 0.356 e. The molecule has 0 aromatic carbocycles. The first-order valence-corrected chi connectivity index (χ1v) is 10.4. The van der Waals surface area contributed by atoms with Crippen molar-refractivity contribution in [2.24, 2.45) is 4.99 Å². The van der Waals surface area contributed by atoms with Crippen LogP contribution in [-0.4, -0.2) is 73.1 Å². The van der Waals surface area contributed by atoms with E-state index in [-0.39, 0.29) is 29.9 Å². The molecule has 1 amide bonds. The van der Waals surface area contributed by atoms with Gasteiger partial charge in [0, 0.05) is 70.0 Å². The Morgan fingerprint density at radius 2 is 1.86 bits per heavy atom. The molecular formula is C19H28IN7OS. The molecule has 0 spiro atoms. The fraction of sp³-hybridized carbons (Fsp3) is 0.474. The first kappa shape index (κ1) is 23.3. The third kappa shape index (κ3) is 7.42. The van der Waals surface area contributed by atoms with E-state index in [9.17, 15) is 4.79 Å². The molecule has 1 aliphatic rings. The SMILES string of the molecule is CN=C(NCCC(=O)N1CCN(c2ncccn2)CC1)NCCc1cccs1.I. The molecule has 1 fully saturated rings. The number of nitrogens with zero attached hydrogens (tertiary/aromatic N) is 5. The summed E-state index contributed by atoms with van der Waals surface area (Å²) < 4.78 is 0. The van der Waals surface area contributed by atoms with E-state index in [4.69, 9.17) is 0 Å². The van der Waals surface area contributed by atoms with Crippen molar-refractivity contribution in [3.05, 3.63) is 40.8 Å². The summed E-state index contributed by atoms with van der Waals surface area (Å²) in [7, 11) is 1.74. The molecule has 0 saturated carbocycles. The van der Waals surface area contributed by atoms with Crippen LogP contribution in [0.3, 0.4) is 0 Å². The Balaban J connectivity index is 0.00000300. The van der Waals surface area contributed by atoms with Crippen LogP contribution < -0.4 is 15.5 Å². The van der Waals surface area contributed by atoms with Gasteiger partial charge in [-0.3, -0.25) is 9.79 Å². The van der Waals surface area contributed by atoms with Crippen molar-refractivity contribution >= 4 is 53.1 Å². The number of rotatable bonds is 7. The minimum Gasteiger partial charge on any atom is -0.356 e. The van der Waals surface area contributed by atoms with Gasteiger partial charge in [0.15, 0.2) is 5.96 Å². The standard InChI is InChI=1S/C19H27N7OS.HI/c1-20-18(21-9-5-16-4-2-15-28-16)22-10-6-17(27)25-11-13-26(14-12-25)19-23-7-3-8-24-19;/h2-4,7-8,15H,5-6,9-14H2,1H3,(H2,20,21,22);1H. The van der Waals surface area contributed by atoms with Gasteiger partial charge in [0.25, 0.3) is 0 Å². The number of hydrogen-bond donors (Lipinski definition) is 2. The van der Waals surface area contributed by atoms with E-state index in [2.05, 4.69) is 48.0 Å². The van der Waals surface area contributed by atoms with Gasteiger partial charge in [-0.2, -0.15) is 0 Å². The summed E-state index contributed by atoms with van der Waals surface area (Å²) in [5.74, 6) is 1.62. The van der Waals surface area contributed by atoms with Crippen LogP contribution in [0.1, 0.15) is 11.3 Å². The quantitative estimate of drug-likeness (QED) is 0.322. The van der Waals surface area contributed by atoms with Gasteiger partial charge >= 0.3 is 0 Å². The van der Waals surface area contributed by atoms with Gasteiger partial charge in [-0.25, -0.2) is 9.97 Å². The number of nitrogens with one attached hydrogen (secondary N) is 2. The lowest BCUT2D eigenvalue weighted by Gasteiger charge is -2.34. The fourth-order valence-corrected chi connectivity index (χ4v) is 3.74. The smallest absolute Gasteiger partial charge is 0.225 e. The highest BCUT2D eigenvalue weighted by Gasteiger charge is 2.22. The molecule has 10 heteroatoms. The Morgan fingerprint density at radius 1 is 1.14 bits per heavy atom. The summed E-state index contributed by atoms with van der Waals surface area (Å²) in [5.41, 5.74) is 0. The third-order valence-corrected chi connectivity index (χ3v) is 5.50. The molecule has 158 valence electrons. The van der Waals surface area contributed by atoms with Crippen molar-refractivity contribution in [1.82, 2.24) is 25.5 Å². The lowest BCUT2D eigenvalue weighted by Crippen LogP contribution is -2.50. The van der Waals surface area contributed by atoms with E-state index in [1.165, 1.54) is 4.88 Å². The maximum absolute atomic E-state index is 12.5. The maximum Gasteiger partial charge on any atom is 0.225 e. The third-order valence-electron chi connectivity index (χ3n) is 4.57. The summed E-state index contributed by atoms with van der Waals surface area (Å²) in [6.45, 7) is 4.30. The normalized spacial score (nSPS) is 14.3. The minimum atomic E-state index is 0. The van der Waals surface area contributed by atoms with Crippen LogP contribution in [0.5, 0.6) is 0 Å². The Kier molecular flexibility index (Phi) is 10.1. The molecule has 0 radical (unpaired) electrons. The predicted octanol–water partition coefficient (Wildman–Crippen LogP) is 1.60. The van der Waals surface area contributed by atoms with E-state index in [0.29, 0.717) is 26.1 Å². The lowest BCUT2D eigenvalue weighted by atomic mass is 10.3. The average molecular weight is 529 g/mol. The molecule has 0 aliphatic carbocycles. The summed E-state index contributed by atoms with van der Waals surface area (Å²) in [4.78, 5) is 30.6. The molecule has 2 aromatic rings. The Hall–Kier alpha value is -1.95. The zero-order valence-corrected chi connectivity index (χ0v) is 19.7. The first-order chi connectivity index (χ1) is 13.8. The average Bonchev–Trinajstić information content (AvgIpc) is 3.27. The lowest BCUT2D eigenvalue weighted by molar-refractivity contribution is -0.131. The highest BCUT2D eigenvalue weighted by atomic mass is 127. The van der Waals surface area contributed by atoms with E-state index >= 15 is 0 Å². The first-order valence-electron chi connectivity index (χ1n) is 9.53. The van der Waals surface area contributed by atoms with Crippen LogP contribution in [0.4, 0.5) is 5.95 Å². The van der Waals surface area contributed by atoms with Gasteiger partial charge < -0.3 is 20.4 Å². The summed E-state index contributed by atoms with van der Waals surface area (Å²) in [6, 6.07) is 6.00. The Labute approximate surface area is 192 Å². The maximum atomic E-state index is 12.5. The molecule has 3 heterocycles. The van der Waals surface area contributed by atoms with Crippen LogP contribution in [0, 0.1) is 0 Å². The van der Waals surface area contributed by atoms with Crippen LogP contribution in [-0.2, 0) is 11.2 Å². The zero-order chi connectivity index (χ0) is 19.6. The predicted molar refractivity (Wildman–Crippen MR) is 128 cm³/mol. The van der Waals surface area contributed by atoms with Crippen LogP contribution in [0.15, 0.2) is 41.0 Å². The highest BCUT2D eigenvalue weighted by Crippen LogP contribution is 2.10. The number of hydrogen-bond acceptors (Lipinski definition) is 6. The molecule has 0 bridgehead atoms. The molecule has 3 rings (SSSR count). The Bertz CT molecular complexity index is 749. The van der Waals surface area contributed by atoms with E-state index < -0.39 is 0 Å². The molecule has 2 aromatic heterocycles. The van der Waals surface area contributed by atoms with Crippen molar-refractivity contribution in [2.75, 3.05) is 51.2 Å². The second-order valence-corrected chi connectivity index (χ2v) is 7.45. The van der Waals surface area contributed by atoms with Gasteiger partial charge in [-0.1, -0.05) is 6.07 Å². The number of thiophene rings is 1. The van der Waals surface area contributed by atoms with Crippen LogP contribution in [0.2, 0.25) is 0 Å². The van der Waals surface area contributed by atoms with Crippen molar-refractivity contribution in [3.8, 4) is 0 Å². The number of guanidine groups is 1. The molecule has 29 heavy (non-hydrogen) atoms. The van der Waals surface area contributed by atoms with E-state index in [1.54, 1.807) is 36.8 Å². The number of halogens is 1. The van der Waals surface area contributed by atoms with Crippen molar-refractivity contribution in [1.29, 1.82) is 0 Å². The number of carbonyl (C=O) groups is 1. The highest BCUT2D eigenvalue weighted by molar-refractivity contribution is 14.0. The molecule has 8 nitrogen and oxygen atoms in total. The number of anilines is 1. The fourth-order valence-electron chi connectivity index (χ4n) is 3.04. The molecule has 0 atom stereocenters. The molecule has 1 saturated heterocycles. The van der Waals surface area contributed by atoms with E-state index in [0.717, 1.165) is 38.0 Å². The minimum absolute atomic E-state index is 0. The number of carbonyl (C=O) groups excluding carboxylic acids is 1. The van der Waals surface area contributed by atoms with E-state index in [1.807, 2.05) is 4.90 Å². The Morgan fingerprint density at radius 3 is 2.52 bits per heavy atom. The number of amides is 1. The van der Waals surface area contributed by atoms with Gasteiger partial charge in [0.2, 0.25) is 11.9 Å². The summed E-state index contributed by atoms with van der Waals surface area (Å²) in [6.07, 6.45) is 4.90. The second-order valence-electron chi connectivity index (χ2n) is 6.42. The molecule has 2 N–H and O–H groups in total. The van der Waals surface area contributed by atoms with Crippen molar-refractivity contribution < 1.29 is 4.79 Å². The van der Waals surface area contributed by atoms with Crippen molar-refractivity contribution in [2.45, 2.75) is 12.8 Å². The van der Waals surface area contributed by atoms with Gasteiger partial charge in [0.1, 0.15) is 0 Å².